The minimum absolute atomic E-state index is 0.0649. The molecule has 0 aliphatic carbocycles. The molecule has 3 aromatic rings. The number of halogens is 1. The smallest absolute Gasteiger partial charge is 0.409 e. The van der Waals surface area contributed by atoms with Crippen molar-refractivity contribution in [1.29, 1.82) is 0 Å². The largest absolute Gasteiger partial charge is 0.495 e. The maximum absolute atomic E-state index is 14.4. The number of benzene rings is 3. The number of amides is 5. The quantitative estimate of drug-likeness (QED) is 0.119. The first-order valence-electron chi connectivity index (χ1n) is 23.9. The summed E-state index contributed by atoms with van der Waals surface area (Å²) >= 11 is 6.82. The van der Waals surface area contributed by atoms with E-state index in [-0.39, 0.29) is 56.1 Å². The van der Waals surface area contributed by atoms with Crippen molar-refractivity contribution in [3.8, 4) is 17.6 Å². The van der Waals surface area contributed by atoms with E-state index >= 15 is 0 Å². The first-order chi connectivity index (χ1) is 34.3. The van der Waals surface area contributed by atoms with E-state index in [9.17, 15) is 33.9 Å². The zero-order valence-corrected chi connectivity index (χ0v) is 42.5. The van der Waals surface area contributed by atoms with E-state index in [0.717, 1.165) is 22.3 Å². The van der Waals surface area contributed by atoms with E-state index in [1.165, 1.54) is 38.0 Å². The van der Waals surface area contributed by atoms with E-state index < -0.39 is 77.5 Å². The van der Waals surface area contributed by atoms with Crippen LogP contribution in [0.25, 0.3) is 0 Å². The Bertz CT molecular complexity index is 2730. The van der Waals surface area contributed by atoms with Crippen molar-refractivity contribution < 1.29 is 57.6 Å². The Morgan fingerprint density at radius 2 is 1.74 bits per heavy atom. The van der Waals surface area contributed by atoms with Crippen LogP contribution < -0.4 is 25.2 Å². The number of fused-ring (bicyclic) bond motifs is 7. The predicted octanol–water partition coefficient (Wildman–Crippen LogP) is 5.75. The van der Waals surface area contributed by atoms with Crippen LogP contribution in [0.3, 0.4) is 0 Å². The van der Waals surface area contributed by atoms with E-state index in [1.807, 2.05) is 61.5 Å². The third-order valence-corrected chi connectivity index (χ3v) is 14.3. The van der Waals surface area contributed by atoms with Crippen LogP contribution in [0.1, 0.15) is 82.1 Å². The first kappa shape index (κ1) is 53.1. The Labute approximate surface area is 424 Å². The molecule has 4 aliphatic rings. The average Bonchev–Trinajstić information content (AvgIpc) is 4.05. The SMILES string of the molecule is COc1cc2cc(c1Cl)N(C)C(=O)C[C@H](OC(=O)[C@@H](C)N(C)C(=O)CCNC(=O)CCC(=O)N1Cc3ccccc3C#Cc3ccccc31)[C@]1(C)O[C@H]1[C@H](C)[C@@H]1C[C@@](O)(NC(=O)O1)[C@H](OC)/C=C/C=C(\C)C2. The Kier molecular flexibility index (Phi) is 16.5. The summed E-state index contributed by atoms with van der Waals surface area (Å²) in [5.74, 6) is 3.59. The second-order valence-electron chi connectivity index (χ2n) is 18.9. The second kappa shape index (κ2) is 22.4. The Morgan fingerprint density at radius 3 is 2.47 bits per heavy atom. The zero-order valence-electron chi connectivity index (χ0n) is 41.8. The molecule has 0 spiro atoms. The fraction of sp³-hybridized carbons (Fsp3) is 0.444. The summed E-state index contributed by atoms with van der Waals surface area (Å²) in [5.41, 5.74) is 1.89. The first-order valence-corrected chi connectivity index (χ1v) is 24.3. The number of allylic oxidation sites excluding steroid dienone is 3. The van der Waals surface area contributed by atoms with Gasteiger partial charge in [0.15, 0.2) is 5.72 Å². The second-order valence-corrected chi connectivity index (χ2v) is 19.3. The third kappa shape index (κ3) is 11.8. The molecule has 0 aromatic heterocycles. The summed E-state index contributed by atoms with van der Waals surface area (Å²) in [5, 5.41) is 17.3. The molecule has 17 nitrogen and oxygen atoms in total. The Balaban J connectivity index is 1.02. The van der Waals surface area contributed by atoms with Gasteiger partial charge in [-0.3, -0.25) is 24.5 Å². The van der Waals surface area contributed by atoms with Gasteiger partial charge in [0.1, 0.15) is 40.7 Å². The molecule has 7 rings (SSSR count). The fourth-order valence-corrected chi connectivity index (χ4v) is 9.67. The van der Waals surface area contributed by atoms with Crippen LogP contribution in [0, 0.1) is 17.8 Å². The molecule has 4 aliphatic heterocycles. The highest BCUT2D eigenvalue weighted by molar-refractivity contribution is 6.35. The summed E-state index contributed by atoms with van der Waals surface area (Å²) in [6.45, 7) is 7.06. The molecular weight excluding hydrogens is 946 g/mol. The summed E-state index contributed by atoms with van der Waals surface area (Å²) in [4.78, 5) is 85.8. The molecule has 3 N–H and O–H groups in total. The van der Waals surface area contributed by atoms with Gasteiger partial charge in [0.25, 0.3) is 0 Å². The number of rotatable bonds is 11. The number of nitrogens with one attached hydrogen (secondary N) is 2. The number of anilines is 2. The van der Waals surface area contributed by atoms with Crippen molar-refractivity contribution in [3.63, 3.8) is 0 Å². The number of esters is 1. The monoisotopic (exact) mass is 1010 g/mol. The lowest BCUT2D eigenvalue weighted by Gasteiger charge is -2.42. The zero-order chi connectivity index (χ0) is 52.1. The Hall–Kier alpha value is -6.71. The van der Waals surface area contributed by atoms with E-state index in [4.69, 9.17) is 35.3 Å². The number of hydrogen-bond donors (Lipinski definition) is 3. The number of likely N-dealkylation sites (N-methyl/N-ethyl adjacent to an activating group) is 1. The minimum Gasteiger partial charge on any atom is -0.495 e. The van der Waals surface area contributed by atoms with Crippen LogP contribution in [0.4, 0.5) is 16.2 Å². The molecule has 382 valence electrons. The summed E-state index contributed by atoms with van der Waals surface area (Å²) in [6, 6.07) is 17.3. The average molecular weight is 1010 g/mol. The lowest BCUT2D eigenvalue weighted by atomic mass is 9.83. The highest BCUT2D eigenvalue weighted by Crippen LogP contribution is 2.49. The number of alkyl carbamates (subject to hydrolysis) is 1. The van der Waals surface area contributed by atoms with E-state index in [1.54, 1.807) is 50.1 Å². The molecule has 0 unspecified atom stereocenters. The van der Waals surface area contributed by atoms with Crippen LogP contribution in [-0.4, -0.2) is 122 Å². The number of nitrogens with zero attached hydrogens (tertiary/aromatic N) is 3. The van der Waals surface area contributed by atoms with Gasteiger partial charge >= 0.3 is 12.1 Å². The van der Waals surface area contributed by atoms with Gasteiger partial charge in [0.2, 0.25) is 23.6 Å². The topological polar surface area (TPSA) is 206 Å². The molecular formula is C54H62ClN5O12. The van der Waals surface area contributed by atoms with Gasteiger partial charge in [-0.05, 0) is 68.7 Å². The van der Waals surface area contributed by atoms with Crippen molar-refractivity contribution in [2.75, 3.05) is 44.7 Å². The normalized spacial score (nSPS) is 26.4. The molecule has 4 bridgehead atoms. The van der Waals surface area contributed by atoms with Crippen molar-refractivity contribution in [1.82, 2.24) is 15.5 Å². The van der Waals surface area contributed by atoms with Crippen LogP contribution in [0.2, 0.25) is 5.02 Å². The van der Waals surface area contributed by atoms with E-state index in [0.29, 0.717) is 29.1 Å². The van der Waals surface area contributed by atoms with Crippen LogP contribution in [-0.2, 0) is 55.9 Å². The number of epoxide rings is 1. The summed E-state index contributed by atoms with van der Waals surface area (Å²) in [6.07, 6.45) is 0.0192. The lowest BCUT2D eigenvalue weighted by molar-refractivity contribution is -0.162. The van der Waals surface area contributed by atoms with Crippen LogP contribution in [0.5, 0.6) is 5.75 Å². The molecule has 2 fully saturated rings. The molecule has 4 heterocycles. The van der Waals surface area contributed by atoms with Gasteiger partial charge in [-0.2, -0.15) is 0 Å². The molecule has 18 heteroatoms. The number of ether oxygens (including phenoxy) is 5. The maximum Gasteiger partial charge on any atom is 0.409 e. The van der Waals surface area contributed by atoms with Crippen molar-refractivity contribution >= 4 is 58.7 Å². The molecule has 72 heavy (non-hydrogen) atoms. The van der Waals surface area contributed by atoms with Crippen molar-refractivity contribution in [3.05, 3.63) is 112 Å². The van der Waals surface area contributed by atoms with Crippen LogP contribution in [0.15, 0.2) is 84.5 Å². The lowest BCUT2D eigenvalue weighted by Crippen LogP contribution is -2.63. The van der Waals surface area contributed by atoms with Gasteiger partial charge in [-0.25, -0.2) is 9.59 Å². The number of para-hydroxylation sites is 1. The van der Waals surface area contributed by atoms with Gasteiger partial charge in [-0.1, -0.05) is 84.5 Å². The van der Waals surface area contributed by atoms with Gasteiger partial charge < -0.3 is 48.8 Å². The third-order valence-electron chi connectivity index (χ3n) is 13.9. The Morgan fingerprint density at radius 1 is 1.03 bits per heavy atom. The summed E-state index contributed by atoms with van der Waals surface area (Å²) < 4.78 is 29.4. The van der Waals surface area contributed by atoms with Crippen molar-refractivity contribution in [2.45, 2.75) is 115 Å². The predicted molar refractivity (Wildman–Crippen MR) is 268 cm³/mol. The number of carbonyl (C=O) groups excluding carboxylic acids is 6. The molecule has 0 saturated carbocycles. The highest BCUT2D eigenvalue weighted by atomic mass is 35.5. The molecule has 5 amide bonds. The molecule has 0 radical (unpaired) electrons. The van der Waals surface area contributed by atoms with Gasteiger partial charge in [-0.15, -0.1) is 0 Å². The number of aliphatic hydroxyl groups is 1. The van der Waals surface area contributed by atoms with Crippen molar-refractivity contribution in [2.24, 2.45) is 5.92 Å². The molecule has 3 aromatic carbocycles. The van der Waals surface area contributed by atoms with Gasteiger partial charge in [0, 0.05) is 70.5 Å². The maximum atomic E-state index is 14.4. The summed E-state index contributed by atoms with van der Waals surface area (Å²) in [7, 11) is 5.86. The number of carbonyl (C=O) groups is 6. The highest BCUT2D eigenvalue weighted by Gasteiger charge is 2.64. The minimum atomic E-state index is -1.88. The number of methoxy groups -OCH3 is 2. The molecule has 2 saturated heterocycles. The fourth-order valence-electron chi connectivity index (χ4n) is 9.35. The van der Waals surface area contributed by atoms with Crippen LogP contribution >= 0.6 is 11.6 Å². The standard InChI is InChI=1S/C54H62ClN5O12/c1-32-14-13-19-43(69-8)54(67)30-42(70-52(66)57-54)33(2)50-53(4,72-50)44(29-48(64)59(6)40-27-35(26-32)28-41(68-7)49(40)55)71-51(65)34(3)58(5)46(62)24-25-56-45(61)22-23-47(63)60-31-38-17-10-9-15-36(38)20-21-37-16-11-12-18-39(37)60/h9-19,27-28,33-34,42-44,50,67H,22-26,29-31H2,1-8H3,(H,56,61)(H,57,66)/b19-13+,32-14+/t33-,34-,42+,43-,44+,50+,53+,54+/m1/s1. The number of hydrogen-bond acceptors (Lipinski definition) is 12. The molecule has 8 atom stereocenters. The van der Waals surface area contributed by atoms with Gasteiger partial charge in [0.05, 0.1) is 37.6 Å². The van der Waals surface area contributed by atoms with E-state index in [2.05, 4.69) is 22.5 Å².